The van der Waals surface area contributed by atoms with Crippen LogP contribution in [0.25, 0.3) is 11.0 Å². The van der Waals surface area contributed by atoms with Crippen molar-refractivity contribution in [3.63, 3.8) is 0 Å². The van der Waals surface area contributed by atoms with Gasteiger partial charge in [0.2, 0.25) is 0 Å². The van der Waals surface area contributed by atoms with Crippen LogP contribution in [0.1, 0.15) is 31.2 Å². The van der Waals surface area contributed by atoms with Crippen molar-refractivity contribution >= 4 is 38.7 Å². The van der Waals surface area contributed by atoms with Crippen LogP contribution in [0.15, 0.2) is 68.9 Å². The highest BCUT2D eigenvalue weighted by molar-refractivity contribution is 7.90. The summed E-state index contributed by atoms with van der Waals surface area (Å²) in [6.07, 6.45) is 0. The number of sulfonamides is 1. The third-order valence-corrected chi connectivity index (χ3v) is 6.32. The van der Waals surface area contributed by atoms with Crippen LogP contribution in [0, 0.1) is 0 Å². The quantitative estimate of drug-likeness (QED) is 0.549. The monoisotopic (exact) mass is 455 g/mol. The van der Waals surface area contributed by atoms with Crippen molar-refractivity contribution in [3.05, 3.63) is 65.9 Å². The topological polar surface area (TPSA) is 127 Å². The number of furan rings is 1. The number of rotatable bonds is 6. The van der Waals surface area contributed by atoms with E-state index in [0.29, 0.717) is 16.9 Å². The van der Waals surface area contributed by atoms with Crippen LogP contribution in [-0.4, -0.2) is 38.8 Å². The number of ether oxygens (including phenoxy) is 1. The Labute approximate surface area is 184 Å². The number of carbonyl (C=O) groups excluding carboxylic acids is 2. The second kappa shape index (κ2) is 8.46. The Bertz CT molecular complexity index is 1300. The van der Waals surface area contributed by atoms with Crippen molar-refractivity contribution in [2.24, 2.45) is 4.99 Å². The number of hydrogen-bond acceptors (Lipinski definition) is 7. The first kappa shape index (κ1) is 21.6. The van der Waals surface area contributed by atoms with E-state index in [0.717, 1.165) is 5.39 Å². The Hall–Kier alpha value is -3.66. The van der Waals surface area contributed by atoms with Crippen molar-refractivity contribution < 1.29 is 27.2 Å². The summed E-state index contributed by atoms with van der Waals surface area (Å²) in [5.74, 6) is -0.614. The first-order valence-corrected chi connectivity index (χ1v) is 11.4. The molecule has 2 aromatic carbocycles. The number of aliphatic imine (C=N–C) groups is 1. The molecule has 1 aromatic heterocycles. The van der Waals surface area contributed by atoms with Crippen LogP contribution < -0.4 is 10.0 Å². The van der Waals surface area contributed by atoms with E-state index >= 15 is 0 Å². The zero-order valence-corrected chi connectivity index (χ0v) is 18.2. The predicted molar refractivity (Wildman–Crippen MR) is 116 cm³/mol. The molecule has 1 aliphatic rings. The molecule has 9 nitrogen and oxygen atoms in total. The van der Waals surface area contributed by atoms with Gasteiger partial charge in [-0.1, -0.05) is 30.3 Å². The summed E-state index contributed by atoms with van der Waals surface area (Å²) in [4.78, 5) is 28.7. The number of esters is 1. The minimum atomic E-state index is -3.71. The maximum atomic E-state index is 12.3. The molecule has 4 rings (SSSR count). The molecule has 166 valence electrons. The maximum absolute atomic E-state index is 12.3. The van der Waals surface area contributed by atoms with Crippen LogP contribution in [0.5, 0.6) is 0 Å². The van der Waals surface area contributed by atoms with Gasteiger partial charge in [-0.05, 0) is 38.1 Å². The molecule has 2 heterocycles. The van der Waals surface area contributed by atoms with Gasteiger partial charge in [-0.15, -0.1) is 0 Å². The molecule has 1 unspecified atom stereocenters. The Morgan fingerprint density at radius 2 is 1.84 bits per heavy atom. The average molecular weight is 455 g/mol. The molecule has 1 aliphatic heterocycles. The maximum Gasteiger partial charge on any atom is 0.331 e. The standard InChI is InChI=1S/C22H21N3O6S/c1-13(18-11-15-7-3-5-9-17(15)31-18)23-20(26)12-30-22(27)14(2)24-21-16-8-4-6-10-19(16)32(28,29)25-21/h3-11,13-14H,12H2,1-2H3,(H,23,26)(H,24,25)/t13?,14-/m0/s1. The number of amidine groups is 1. The molecule has 2 N–H and O–H groups in total. The van der Waals surface area contributed by atoms with Crippen molar-refractivity contribution in [2.45, 2.75) is 30.8 Å². The number of amides is 1. The van der Waals surface area contributed by atoms with Gasteiger partial charge in [0.25, 0.3) is 15.9 Å². The smallest absolute Gasteiger partial charge is 0.331 e. The van der Waals surface area contributed by atoms with Gasteiger partial charge < -0.3 is 14.5 Å². The Morgan fingerprint density at radius 1 is 1.12 bits per heavy atom. The van der Waals surface area contributed by atoms with Gasteiger partial charge in [0.15, 0.2) is 6.61 Å². The summed E-state index contributed by atoms with van der Waals surface area (Å²) in [5.41, 5.74) is 1.09. The molecule has 0 aliphatic carbocycles. The summed E-state index contributed by atoms with van der Waals surface area (Å²) in [7, 11) is -3.71. The molecule has 10 heteroatoms. The number of benzene rings is 2. The van der Waals surface area contributed by atoms with E-state index in [1.165, 1.54) is 13.0 Å². The number of para-hydroxylation sites is 1. The molecule has 0 saturated carbocycles. The van der Waals surface area contributed by atoms with Crippen molar-refractivity contribution in [1.82, 2.24) is 10.0 Å². The van der Waals surface area contributed by atoms with Crippen LogP contribution in [0.2, 0.25) is 0 Å². The Morgan fingerprint density at radius 3 is 2.62 bits per heavy atom. The summed E-state index contributed by atoms with van der Waals surface area (Å²) in [6.45, 7) is 2.72. The first-order valence-electron chi connectivity index (χ1n) is 9.89. The fourth-order valence-electron chi connectivity index (χ4n) is 3.30. The highest BCUT2D eigenvalue weighted by atomic mass is 32.2. The fourth-order valence-corrected chi connectivity index (χ4v) is 4.54. The van der Waals surface area contributed by atoms with Gasteiger partial charge in [-0.25, -0.2) is 13.2 Å². The number of hydrogen-bond donors (Lipinski definition) is 2. The highest BCUT2D eigenvalue weighted by Gasteiger charge is 2.31. The molecule has 2 atom stereocenters. The van der Waals surface area contributed by atoms with E-state index in [1.807, 2.05) is 30.3 Å². The lowest BCUT2D eigenvalue weighted by molar-refractivity contribution is -0.149. The van der Waals surface area contributed by atoms with Crippen molar-refractivity contribution in [3.8, 4) is 0 Å². The van der Waals surface area contributed by atoms with E-state index in [1.54, 1.807) is 25.1 Å². The van der Waals surface area contributed by atoms with Crippen molar-refractivity contribution in [1.29, 1.82) is 0 Å². The summed E-state index contributed by atoms with van der Waals surface area (Å²) < 4.78 is 37.4. The van der Waals surface area contributed by atoms with Gasteiger partial charge in [0.1, 0.15) is 23.2 Å². The van der Waals surface area contributed by atoms with E-state index in [2.05, 4.69) is 15.0 Å². The van der Waals surface area contributed by atoms with Crippen LogP contribution in [0.4, 0.5) is 0 Å². The van der Waals surface area contributed by atoms with E-state index < -0.39 is 40.6 Å². The van der Waals surface area contributed by atoms with Crippen LogP contribution in [0.3, 0.4) is 0 Å². The molecular weight excluding hydrogens is 434 g/mol. The molecule has 0 spiro atoms. The summed E-state index contributed by atoms with van der Waals surface area (Å²) in [5, 5.41) is 3.63. The Kier molecular flexibility index (Phi) is 5.70. The van der Waals surface area contributed by atoms with Gasteiger partial charge in [-0.3, -0.25) is 14.5 Å². The third-order valence-electron chi connectivity index (χ3n) is 4.92. The number of nitrogens with zero attached hydrogens (tertiary/aromatic N) is 1. The number of fused-ring (bicyclic) bond motifs is 2. The van der Waals surface area contributed by atoms with Gasteiger partial charge in [-0.2, -0.15) is 0 Å². The number of carbonyl (C=O) groups is 2. The summed E-state index contributed by atoms with van der Waals surface area (Å²) in [6, 6.07) is 14.2. The second-order valence-electron chi connectivity index (χ2n) is 7.34. The lowest BCUT2D eigenvalue weighted by Crippen LogP contribution is -2.33. The number of nitrogens with one attached hydrogen (secondary N) is 2. The average Bonchev–Trinajstić information content (AvgIpc) is 3.31. The lowest BCUT2D eigenvalue weighted by atomic mass is 10.2. The largest absolute Gasteiger partial charge is 0.459 e. The lowest BCUT2D eigenvalue weighted by Gasteiger charge is -2.12. The Balaban J connectivity index is 1.34. The highest BCUT2D eigenvalue weighted by Crippen LogP contribution is 2.24. The molecule has 0 saturated heterocycles. The van der Waals surface area contributed by atoms with Gasteiger partial charge in [0, 0.05) is 10.9 Å². The fraction of sp³-hybridized carbons (Fsp3) is 0.227. The molecule has 32 heavy (non-hydrogen) atoms. The zero-order chi connectivity index (χ0) is 22.9. The molecule has 3 aromatic rings. The van der Waals surface area contributed by atoms with Gasteiger partial charge in [0.05, 0.1) is 10.9 Å². The third kappa shape index (κ3) is 4.35. The molecule has 0 fully saturated rings. The second-order valence-corrected chi connectivity index (χ2v) is 8.99. The SMILES string of the molecule is CC(NC(=O)COC(=O)[C@H](C)N=C1NS(=O)(=O)c2ccccc21)c1cc2ccccc2o1. The normalized spacial score (nSPS) is 17.4. The molecule has 1 amide bonds. The van der Waals surface area contributed by atoms with E-state index in [4.69, 9.17) is 9.15 Å². The van der Waals surface area contributed by atoms with E-state index in [9.17, 15) is 18.0 Å². The van der Waals surface area contributed by atoms with Gasteiger partial charge >= 0.3 is 5.97 Å². The molecule has 0 bridgehead atoms. The summed E-state index contributed by atoms with van der Waals surface area (Å²) >= 11 is 0. The van der Waals surface area contributed by atoms with Crippen molar-refractivity contribution in [2.75, 3.05) is 6.61 Å². The van der Waals surface area contributed by atoms with Crippen LogP contribution in [-0.2, 0) is 24.3 Å². The zero-order valence-electron chi connectivity index (χ0n) is 17.4. The van der Waals surface area contributed by atoms with E-state index in [-0.39, 0.29) is 10.7 Å². The predicted octanol–water partition coefficient (Wildman–Crippen LogP) is 2.28. The molecular formula is C22H21N3O6S. The minimum Gasteiger partial charge on any atom is -0.459 e. The molecule has 0 radical (unpaired) electrons. The van der Waals surface area contributed by atoms with Crippen LogP contribution >= 0.6 is 0 Å². The first-order chi connectivity index (χ1) is 15.2. The minimum absolute atomic E-state index is 0.0630.